The minimum atomic E-state index is -0.125. The van der Waals surface area contributed by atoms with Crippen LogP contribution in [0.2, 0.25) is 0 Å². The van der Waals surface area contributed by atoms with E-state index in [2.05, 4.69) is 11.8 Å². The second kappa shape index (κ2) is 9.32. The lowest BCUT2D eigenvalue weighted by atomic mass is 10.2. The van der Waals surface area contributed by atoms with Gasteiger partial charge in [0.05, 0.1) is 6.10 Å². The Hall–Kier alpha value is 0.270. The molecule has 1 rings (SSSR count). The molecule has 0 radical (unpaired) electrons. The van der Waals surface area contributed by atoms with E-state index in [0.717, 1.165) is 12.3 Å². The Kier molecular flexibility index (Phi) is 8.34. The molecule has 1 aliphatic heterocycles. The molecule has 1 N–H and O–H groups in total. The van der Waals surface area contributed by atoms with Crippen molar-refractivity contribution in [3.8, 4) is 0 Å². The Morgan fingerprint density at radius 3 is 2.50 bits per heavy atom. The molecule has 0 aromatic carbocycles. The molecule has 2 nitrogen and oxygen atoms in total. The van der Waals surface area contributed by atoms with E-state index in [1.54, 1.807) is 0 Å². The maximum absolute atomic E-state index is 9.93. The van der Waals surface area contributed by atoms with Crippen molar-refractivity contribution in [1.82, 2.24) is 4.90 Å². The standard InChI is InChI=1S/C13H27NOS/c1-2-3-10-16-12-13(15)11-14-8-6-4-5-7-9-14/h13,15H,2-12H2,1H3. The molecular formula is C13H27NOS. The third-order valence-corrected chi connectivity index (χ3v) is 4.32. The van der Waals surface area contributed by atoms with Crippen molar-refractivity contribution in [1.29, 1.82) is 0 Å². The van der Waals surface area contributed by atoms with Gasteiger partial charge in [0, 0.05) is 12.3 Å². The quantitative estimate of drug-likeness (QED) is 0.698. The van der Waals surface area contributed by atoms with Crippen molar-refractivity contribution in [3.05, 3.63) is 0 Å². The molecule has 1 unspecified atom stereocenters. The molecule has 0 spiro atoms. The molecule has 0 amide bonds. The molecule has 1 aliphatic rings. The van der Waals surface area contributed by atoms with E-state index >= 15 is 0 Å². The lowest BCUT2D eigenvalue weighted by molar-refractivity contribution is 0.132. The Morgan fingerprint density at radius 1 is 1.19 bits per heavy atom. The SMILES string of the molecule is CCCCSCC(O)CN1CCCCCC1. The zero-order chi connectivity index (χ0) is 11.6. The van der Waals surface area contributed by atoms with E-state index in [1.165, 1.54) is 57.4 Å². The zero-order valence-electron chi connectivity index (χ0n) is 10.7. The Bertz CT molecular complexity index is 158. The van der Waals surface area contributed by atoms with Crippen molar-refractivity contribution in [2.45, 2.75) is 51.6 Å². The first-order valence-electron chi connectivity index (χ1n) is 6.81. The molecule has 0 saturated carbocycles. The molecule has 0 aliphatic carbocycles. The number of thioether (sulfide) groups is 1. The van der Waals surface area contributed by atoms with Crippen molar-refractivity contribution < 1.29 is 5.11 Å². The van der Waals surface area contributed by atoms with Gasteiger partial charge >= 0.3 is 0 Å². The van der Waals surface area contributed by atoms with Crippen LogP contribution >= 0.6 is 11.8 Å². The van der Waals surface area contributed by atoms with Crippen LogP contribution in [0.25, 0.3) is 0 Å². The summed E-state index contributed by atoms with van der Waals surface area (Å²) in [5.41, 5.74) is 0. The first kappa shape index (κ1) is 14.3. The lowest BCUT2D eigenvalue weighted by Crippen LogP contribution is -2.34. The van der Waals surface area contributed by atoms with Crippen LogP contribution in [0.1, 0.15) is 45.4 Å². The smallest absolute Gasteiger partial charge is 0.0757 e. The van der Waals surface area contributed by atoms with E-state index in [-0.39, 0.29) is 6.10 Å². The minimum Gasteiger partial charge on any atom is -0.391 e. The van der Waals surface area contributed by atoms with E-state index in [1.807, 2.05) is 11.8 Å². The second-order valence-corrected chi connectivity index (χ2v) is 5.95. The lowest BCUT2D eigenvalue weighted by Gasteiger charge is -2.22. The molecule has 1 atom stereocenters. The Labute approximate surface area is 105 Å². The highest BCUT2D eigenvalue weighted by Gasteiger charge is 2.13. The molecule has 1 fully saturated rings. The third-order valence-electron chi connectivity index (χ3n) is 3.12. The van der Waals surface area contributed by atoms with Gasteiger partial charge in [-0.3, -0.25) is 0 Å². The summed E-state index contributed by atoms with van der Waals surface area (Å²) in [6.07, 6.45) is 7.79. The maximum atomic E-state index is 9.93. The van der Waals surface area contributed by atoms with Gasteiger partial charge in [-0.1, -0.05) is 26.2 Å². The molecule has 0 aromatic heterocycles. The summed E-state index contributed by atoms with van der Waals surface area (Å²) in [7, 11) is 0. The number of unbranched alkanes of at least 4 members (excludes halogenated alkanes) is 1. The van der Waals surface area contributed by atoms with Crippen molar-refractivity contribution in [2.24, 2.45) is 0 Å². The first-order valence-corrected chi connectivity index (χ1v) is 7.96. The number of rotatable bonds is 7. The summed E-state index contributed by atoms with van der Waals surface area (Å²) in [6.45, 7) is 5.49. The average Bonchev–Trinajstić information content (AvgIpc) is 2.53. The van der Waals surface area contributed by atoms with Crippen molar-refractivity contribution in [3.63, 3.8) is 0 Å². The van der Waals surface area contributed by atoms with E-state index in [0.29, 0.717) is 0 Å². The largest absolute Gasteiger partial charge is 0.391 e. The molecule has 1 heterocycles. The fraction of sp³-hybridized carbons (Fsp3) is 1.00. The summed E-state index contributed by atoms with van der Waals surface area (Å²) in [5, 5.41) is 9.93. The third kappa shape index (κ3) is 6.77. The van der Waals surface area contributed by atoms with Crippen LogP contribution in [0, 0.1) is 0 Å². The highest BCUT2D eigenvalue weighted by atomic mass is 32.2. The number of nitrogens with zero attached hydrogens (tertiary/aromatic N) is 1. The fourth-order valence-corrected chi connectivity index (χ4v) is 3.17. The highest BCUT2D eigenvalue weighted by Crippen LogP contribution is 2.12. The van der Waals surface area contributed by atoms with Gasteiger partial charge in [-0.25, -0.2) is 0 Å². The van der Waals surface area contributed by atoms with Gasteiger partial charge in [0.15, 0.2) is 0 Å². The van der Waals surface area contributed by atoms with Gasteiger partial charge in [-0.15, -0.1) is 0 Å². The molecule has 0 bridgehead atoms. The number of aliphatic hydroxyl groups excluding tert-OH is 1. The van der Waals surface area contributed by atoms with Crippen molar-refractivity contribution in [2.75, 3.05) is 31.1 Å². The summed E-state index contributed by atoms with van der Waals surface area (Å²) >= 11 is 1.90. The van der Waals surface area contributed by atoms with Crippen LogP contribution in [0.5, 0.6) is 0 Å². The summed E-state index contributed by atoms with van der Waals surface area (Å²) in [4.78, 5) is 2.44. The predicted molar refractivity (Wildman–Crippen MR) is 73.1 cm³/mol. The van der Waals surface area contributed by atoms with Gasteiger partial charge in [-0.05, 0) is 38.1 Å². The van der Waals surface area contributed by atoms with E-state index in [4.69, 9.17) is 0 Å². The van der Waals surface area contributed by atoms with Crippen LogP contribution in [-0.4, -0.2) is 47.3 Å². The number of likely N-dealkylation sites (tertiary alicyclic amines) is 1. The van der Waals surface area contributed by atoms with E-state index in [9.17, 15) is 5.11 Å². The van der Waals surface area contributed by atoms with Crippen LogP contribution in [0.15, 0.2) is 0 Å². The Balaban J connectivity index is 2.04. The van der Waals surface area contributed by atoms with Gasteiger partial charge in [0.25, 0.3) is 0 Å². The monoisotopic (exact) mass is 245 g/mol. The van der Waals surface area contributed by atoms with E-state index < -0.39 is 0 Å². The number of hydrogen-bond donors (Lipinski definition) is 1. The number of aliphatic hydroxyl groups is 1. The van der Waals surface area contributed by atoms with Gasteiger partial charge < -0.3 is 10.0 Å². The summed E-state index contributed by atoms with van der Waals surface area (Å²) < 4.78 is 0. The molecule has 3 heteroatoms. The molecule has 1 saturated heterocycles. The van der Waals surface area contributed by atoms with Crippen LogP contribution in [-0.2, 0) is 0 Å². The Morgan fingerprint density at radius 2 is 1.88 bits per heavy atom. The second-order valence-electron chi connectivity index (χ2n) is 4.80. The highest BCUT2D eigenvalue weighted by molar-refractivity contribution is 7.99. The summed E-state index contributed by atoms with van der Waals surface area (Å²) in [6, 6.07) is 0. The van der Waals surface area contributed by atoms with Gasteiger partial charge in [0.2, 0.25) is 0 Å². The van der Waals surface area contributed by atoms with Crippen LogP contribution in [0.3, 0.4) is 0 Å². The molecule has 16 heavy (non-hydrogen) atoms. The normalized spacial score (nSPS) is 20.6. The van der Waals surface area contributed by atoms with Gasteiger partial charge in [-0.2, -0.15) is 11.8 Å². The summed E-state index contributed by atoms with van der Waals surface area (Å²) in [5.74, 6) is 2.12. The van der Waals surface area contributed by atoms with Crippen molar-refractivity contribution >= 4 is 11.8 Å². The number of hydrogen-bond acceptors (Lipinski definition) is 3. The van der Waals surface area contributed by atoms with Crippen LogP contribution < -0.4 is 0 Å². The molecule has 96 valence electrons. The molecular weight excluding hydrogens is 218 g/mol. The minimum absolute atomic E-state index is 0.125. The van der Waals surface area contributed by atoms with Gasteiger partial charge in [0.1, 0.15) is 0 Å². The first-order chi connectivity index (χ1) is 7.83. The number of β-amino-alcohol motifs (C(OH)–C–C–N with tert-alkyl or cyclic N) is 1. The maximum Gasteiger partial charge on any atom is 0.0757 e. The topological polar surface area (TPSA) is 23.5 Å². The average molecular weight is 245 g/mol. The van der Waals surface area contributed by atoms with Crippen LogP contribution in [0.4, 0.5) is 0 Å². The fourth-order valence-electron chi connectivity index (χ4n) is 2.14. The molecule has 0 aromatic rings. The predicted octanol–water partition coefficient (Wildman–Crippen LogP) is 2.76. The zero-order valence-corrected chi connectivity index (χ0v) is 11.5.